The maximum Gasteiger partial charge on any atom is 0.327 e. The molecule has 0 saturated carbocycles. The first-order valence-corrected chi connectivity index (χ1v) is 44.1. The van der Waals surface area contributed by atoms with E-state index in [-0.39, 0.29) is 113 Å². The molecular weight excluding hydrogens is 1710 g/mol. The number of ether oxygens (including phenoxy) is 15. The minimum absolute atomic E-state index is 0.0640. The van der Waals surface area contributed by atoms with Gasteiger partial charge in [-0.1, -0.05) is 129 Å². The zero-order valence-electron chi connectivity index (χ0n) is 83.6. The van der Waals surface area contributed by atoms with Crippen LogP contribution in [0.1, 0.15) is 176 Å². The molecule has 34 heteroatoms. The van der Waals surface area contributed by atoms with E-state index in [1.807, 2.05) is 58.3 Å². The molecule has 736 valence electrons. The summed E-state index contributed by atoms with van der Waals surface area (Å²) >= 11 is 0. The summed E-state index contributed by atoms with van der Waals surface area (Å²) in [4.78, 5) is 40.3. The van der Waals surface area contributed by atoms with Crippen molar-refractivity contribution in [3.8, 4) is 45.6 Å². The van der Waals surface area contributed by atoms with Crippen LogP contribution in [0.4, 0.5) is 21.5 Å². The second kappa shape index (κ2) is 53.6. The van der Waals surface area contributed by atoms with Gasteiger partial charge in [0.15, 0.2) is 30.7 Å². The van der Waals surface area contributed by atoms with Crippen LogP contribution in [0.3, 0.4) is 0 Å². The van der Waals surface area contributed by atoms with E-state index in [4.69, 9.17) is 71.1 Å². The van der Waals surface area contributed by atoms with E-state index in [1.54, 1.807) is 93.0 Å². The molecule has 2 aliphatic heterocycles. The quantitative estimate of drug-likeness (QED) is 0.0117. The van der Waals surface area contributed by atoms with E-state index in [0.29, 0.717) is 91.8 Å². The zero-order valence-corrected chi connectivity index (χ0v) is 83.6. The first kappa shape index (κ1) is 111. The third kappa shape index (κ3) is 27.7. The molecule has 2 fully saturated rings. The molecule has 7 aromatic carbocycles. The molecule has 133 heavy (non-hydrogen) atoms. The van der Waals surface area contributed by atoms with Crippen LogP contribution in [0, 0.1) is 0 Å². The summed E-state index contributed by atoms with van der Waals surface area (Å²) in [7, 11) is 27.2. The normalized spacial score (nSPS) is 13.7. The highest BCUT2D eigenvalue weighted by Crippen LogP contribution is 2.47. The highest BCUT2D eigenvalue weighted by Gasteiger charge is 2.59. The number of carbonyl (C=O) groups excluding carboxylic acids is 2. The van der Waals surface area contributed by atoms with Crippen LogP contribution in [0.2, 0.25) is 0 Å². The summed E-state index contributed by atoms with van der Waals surface area (Å²) < 4.78 is 77.8. The minimum Gasteiger partial charge on any atom is -0.507 e. The van der Waals surface area contributed by atoms with Crippen molar-refractivity contribution in [2.45, 2.75) is 183 Å². The number of rotatable bonds is 44. The van der Waals surface area contributed by atoms with Crippen LogP contribution < -0.4 is 19.7 Å². The number of benzene rings is 7. The molecular formula is C99H148N11O23+. The molecule has 0 unspecified atom stereocenters. The van der Waals surface area contributed by atoms with Crippen molar-refractivity contribution in [3.05, 3.63) is 197 Å². The lowest BCUT2D eigenvalue weighted by Gasteiger charge is -2.35. The van der Waals surface area contributed by atoms with Crippen molar-refractivity contribution in [1.82, 2.24) is 34.8 Å². The number of phenolic OH excluding ortho intramolecular Hbond substituents is 6. The van der Waals surface area contributed by atoms with Crippen LogP contribution in [0.5, 0.6) is 34.5 Å². The lowest BCUT2D eigenvalue weighted by molar-refractivity contribution is -0.807. The molecule has 0 bridgehead atoms. The molecule has 10 rings (SSSR count). The van der Waals surface area contributed by atoms with Gasteiger partial charge in [0.05, 0.1) is 56.4 Å². The number of amides is 4. The largest absolute Gasteiger partial charge is 0.507 e. The maximum absolute atomic E-state index is 12.6. The third-order valence-corrected chi connectivity index (χ3v) is 23.2. The number of urea groups is 2. The van der Waals surface area contributed by atoms with E-state index in [9.17, 15) is 40.2 Å². The summed E-state index contributed by atoms with van der Waals surface area (Å²) in [5.41, 5.74) is 17.5. The number of aromatic nitrogens is 4. The van der Waals surface area contributed by atoms with Crippen molar-refractivity contribution < 1.29 is 116 Å². The van der Waals surface area contributed by atoms with Gasteiger partial charge in [-0.15, -0.1) is 0 Å². The predicted octanol–water partition coefficient (Wildman–Crippen LogP) is 13.7. The fraction of sp³-hybridized carbons (Fsp3) is 0.535. The van der Waals surface area contributed by atoms with Gasteiger partial charge in [-0.2, -0.15) is 4.98 Å². The molecule has 8 aromatic rings. The summed E-state index contributed by atoms with van der Waals surface area (Å²) in [6, 6.07) is 32.5. The predicted molar refractivity (Wildman–Crippen MR) is 508 cm³/mol. The van der Waals surface area contributed by atoms with Crippen molar-refractivity contribution in [1.29, 1.82) is 0 Å². The summed E-state index contributed by atoms with van der Waals surface area (Å²) in [5, 5.41) is 74.1. The Morgan fingerprint density at radius 3 is 0.820 bits per heavy atom. The first-order chi connectivity index (χ1) is 63.5. The average molecular weight is 1860 g/mol. The van der Waals surface area contributed by atoms with E-state index in [2.05, 4.69) is 144 Å². The summed E-state index contributed by atoms with van der Waals surface area (Å²) in [5.74, 6) is 2.58. The lowest BCUT2D eigenvalue weighted by atomic mass is 9.68. The molecule has 2 saturated heterocycles. The minimum atomic E-state index is -0.633. The number of anilines is 2. The van der Waals surface area contributed by atoms with Gasteiger partial charge in [0.25, 0.3) is 0 Å². The van der Waals surface area contributed by atoms with Crippen molar-refractivity contribution in [2.75, 3.05) is 189 Å². The van der Waals surface area contributed by atoms with E-state index < -0.39 is 17.7 Å². The number of fused-ring (bicyclic) bond motifs is 1. The van der Waals surface area contributed by atoms with Gasteiger partial charge >= 0.3 is 24.0 Å². The van der Waals surface area contributed by atoms with Gasteiger partial charge in [-0.25, -0.2) is 9.59 Å². The van der Waals surface area contributed by atoms with Crippen LogP contribution in [-0.4, -0.2) is 264 Å². The molecule has 3 heterocycles. The van der Waals surface area contributed by atoms with Gasteiger partial charge in [-0.05, 0) is 159 Å². The Kier molecular flexibility index (Phi) is 44.9. The number of aryl methyl sites for hydroxylation is 5. The zero-order chi connectivity index (χ0) is 98.8. The molecule has 4 amide bonds. The lowest BCUT2D eigenvalue weighted by Crippen LogP contribution is -2.64. The summed E-state index contributed by atoms with van der Waals surface area (Å²) in [6.07, 6.45) is 2.69. The second-order valence-electron chi connectivity index (χ2n) is 33.9. The van der Waals surface area contributed by atoms with Gasteiger partial charge < -0.3 is 111 Å². The monoisotopic (exact) mass is 1860 g/mol. The van der Waals surface area contributed by atoms with Crippen LogP contribution >= 0.6 is 0 Å². The topological polar surface area (TPSA) is 359 Å². The van der Waals surface area contributed by atoms with Gasteiger partial charge in [0.2, 0.25) is 0 Å². The Morgan fingerprint density at radius 1 is 0.316 bits per heavy atom. The molecule has 0 radical (unpaired) electrons. The Bertz CT molecular complexity index is 4670. The highest BCUT2D eigenvalue weighted by atomic mass is 16.5. The van der Waals surface area contributed by atoms with Gasteiger partial charge in [-0.3, -0.25) is 19.6 Å². The summed E-state index contributed by atoms with van der Waals surface area (Å²) in [6.45, 7) is 27.2. The fourth-order valence-corrected chi connectivity index (χ4v) is 15.9. The molecule has 34 nitrogen and oxygen atoms in total. The van der Waals surface area contributed by atoms with Gasteiger partial charge in [0, 0.05) is 171 Å². The van der Waals surface area contributed by atoms with Crippen LogP contribution in [-0.2, 0) is 166 Å². The SMILES string of the molecule is CCc1cc(C(C)(C)C)cc(COC)c1O.CCc1cc(C(C)(C)c2ccc(C(C)(c3cc(CC)c(O)c(COC)c3)c3cc(CC)c(O)c(COC)c3)cc2)cc(CC)c1O.COCN(C)c1nc(N(C)COC)n[n+](N(COC)COC)n1.COCN1C(=O)N(COC)C2C1N(COC)C(=O)N2COC.COCc1cc(-c2cc(COC)c(O)c(COC)c2)cc(COC)c1O. The number of hydrogen-bond donors (Lipinski definition) is 6. The highest BCUT2D eigenvalue weighted by molar-refractivity contribution is 5.85. The molecule has 0 spiro atoms. The molecule has 0 aliphatic carbocycles. The first-order valence-electron chi connectivity index (χ1n) is 44.1. The smallest absolute Gasteiger partial charge is 0.327 e. The van der Waals surface area contributed by atoms with Crippen LogP contribution in [0.15, 0.2) is 97.1 Å². The number of methoxy groups -OCH3 is 15. The number of aromatic hydroxyl groups is 6. The fourth-order valence-electron chi connectivity index (χ4n) is 15.9. The molecule has 0 atom stereocenters. The number of nitrogens with zero attached hydrogens (tertiary/aromatic N) is 11. The third-order valence-electron chi connectivity index (χ3n) is 23.2. The Balaban J connectivity index is 0.000000270. The molecule has 2 aliphatic rings. The van der Waals surface area contributed by atoms with E-state index in [0.717, 1.165) is 91.6 Å². The molecule has 6 N–H and O–H groups in total. The maximum atomic E-state index is 12.6. The van der Waals surface area contributed by atoms with E-state index in [1.165, 1.54) is 69.6 Å². The molecule has 1 aromatic heterocycles. The number of carbonyl (C=O) groups is 2. The van der Waals surface area contributed by atoms with Crippen molar-refractivity contribution in [2.24, 2.45) is 0 Å². The Hall–Kier alpha value is -10.4. The Labute approximate surface area is 786 Å². The Morgan fingerprint density at radius 2 is 0.556 bits per heavy atom. The average Bonchev–Trinajstić information content (AvgIpc) is 1.58. The standard InChI is InChI=1S/C41H52O5.C20H26O6.C14H22O2.C12H26N7O4.C12H22N4O6/c1-10-26-18-34(19-27(11-2)37(26)42)40(5,6)32-14-16-33(17-15-32)41(7,35-20-28(12-3)38(43)30(22-35)24-45-8)36-21-29(13-4)39(44)31(23-36)25-46-9;1-23-9-15-5-13(6-16(10-24-2)19(15)21)14-7-17(11-25-3)20(22)18(8-14)12-26-4;1-6-10-7-12(14(2,3)4)8-11(9-16-5)13(10)15;1-16(7-20-3)11-13-12(17(2)8-21-4)15-19(14-11)18(9-22-5)10-23-6;1-19-5-13-9-10(15(7-21-3)11(13)17)16(8-22-4)12(18)14(9)6-20-2/h14-23,42-44H,10-13,24-25H2,1-9H3;5-8,21-22H,9-12H2,1-4H3;7-8,15H,6,9H2,1-5H3;7-10H2,1-6H3;9-10H,5-8H2,1-4H3/q;;;+1;. The van der Waals surface area contributed by atoms with E-state index >= 15 is 0 Å². The van der Waals surface area contributed by atoms with Crippen molar-refractivity contribution in [3.63, 3.8) is 0 Å². The van der Waals surface area contributed by atoms with Gasteiger partial charge in [0.1, 0.15) is 74.9 Å². The van der Waals surface area contributed by atoms with Crippen LogP contribution in [0.25, 0.3) is 11.1 Å². The number of hydrogen-bond acceptors (Lipinski definition) is 29. The van der Waals surface area contributed by atoms with Crippen molar-refractivity contribution >= 4 is 24.0 Å². The number of phenols is 6. The second-order valence-corrected chi connectivity index (χ2v) is 33.9.